The van der Waals surface area contributed by atoms with Crippen molar-refractivity contribution in [3.05, 3.63) is 23.2 Å². The van der Waals surface area contributed by atoms with Crippen LogP contribution in [-0.4, -0.2) is 30.2 Å². The van der Waals surface area contributed by atoms with Crippen LogP contribution in [0.15, 0.2) is 17.1 Å². The number of hydrogen-bond donors (Lipinski definition) is 0. The molecule has 0 bridgehead atoms. The number of rotatable bonds is 3. The molecule has 1 aromatic rings. The average molecular weight is 328 g/mol. The topological polar surface area (TPSA) is 70.0 Å². The zero-order chi connectivity index (χ0) is 17.0. The van der Waals surface area contributed by atoms with Crippen molar-refractivity contribution in [2.24, 2.45) is 10.4 Å². The van der Waals surface area contributed by atoms with E-state index in [0.29, 0.717) is 30.1 Å². The van der Waals surface area contributed by atoms with Crippen LogP contribution in [-0.2, 0) is 14.3 Å². The quantitative estimate of drug-likeness (QED) is 0.553. The number of hydrogen-bond acceptors (Lipinski definition) is 5. The Morgan fingerprint density at radius 1 is 1.38 bits per heavy atom. The molecule has 1 aliphatic rings. The Hall–Kier alpha value is -1.06. The van der Waals surface area contributed by atoms with Crippen LogP contribution in [0.25, 0.3) is 0 Å². The first-order chi connectivity index (χ1) is 10.8. The van der Waals surface area contributed by atoms with Gasteiger partial charge in [-0.15, -0.1) is 12.1 Å². The molecule has 0 N–H and O–H groups in total. The summed E-state index contributed by atoms with van der Waals surface area (Å²) in [4.78, 5) is 20.8. The fourth-order valence-corrected chi connectivity index (χ4v) is 1.91. The van der Waals surface area contributed by atoms with Crippen molar-refractivity contribution in [3.63, 3.8) is 0 Å². The molecule has 0 unspecified atom stereocenters. The van der Waals surface area contributed by atoms with E-state index in [2.05, 4.69) is 9.98 Å². The van der Waals surface area contributed by atoms with E-state index >= 15 is 0 Å². The van der Waals surface area contributed by atoms with Crippen molar-refractivity contribution in [2.45, 2.75) is 53.4 Å². The van der Waals surface area contributed by atoms with E-state index in [1.807, 2.05) is 34.6 Å². The van der Waals surface area contributed by atoms with Gasteiger partial charge in [0, 0.05) is 10.8 Å². The van der Waals surface area contributed by atoms with E-state index in [9.17, 15) is 4.79 Å². The smallest absolute Gasteiger partial charge is 0.530 e. The molecule has 1 amide bonds. The molecular formula is C17H25LiN2O4. The molecule has 1 aliphatic heterocycles. The largest absolute Gasteiger partial charge is 1.00 e. The summed E-state index contributed by atoms with van der Waals surface area (Å²) in [6.07, 6.45) is 0.301. The van der Waals surface area contributed by atoms with Crippen LogP contribution >= 0.6 is 0 Å². The van der Waals surface area contributed by atoms with E-state index in [1.165, 1.54) is 0 Å². The van der Waals surface area contributed by atoms with Crippen LogP contribution in [0.4, 0.5) is 0 Å². The van der Waals surface area contributed by atoms with Gasteiger partial charge in [-0.25, -0.2) is 4.99 Å². The number of ether oxygens (including phenoxy) is 3. The third-order valence-corrected chi connectivity index (χ3v) is 3.14. The third kappa shape index (κ3) is 5.78. The SMILES string of the molecule is CC(C)Oc1nc(C2OCCCO2)c[cH-]c1=NC(=O)C(C)(C)C.[Li+]. The Kier molecular flexibility index (Phi) is 7.75. The first-order valence-electron chi connectivity index (χ1n) is 7.94. The Bertz CT molecular complexity index is 614. The van der Waals surface area contributed by atoms with Crippen LogP contribution in [0.3, 0.4) is 0 Å². The molecule has 0 aromatic carbocycles. The number of aromatic nitrogens is 1. The minimum Gasteiger partial charge on any atom is -0.530 e. The second kappa shape index (κ2) is 8.86. The van der Waals surface area contributed by atoms with Crippen LogP contribution in [0.1, 0.15) is 53.0 Å². The summed E-state index contributed by atoms with van der Waals surface area (Å²) >= 11 is 0. The molecule has 2 heterocycles. The summed E-state index contributed by atoms with van der Waals surface area (Å²) in [5.74, 6) is 0.110. The van der Waals surface area contributed by atoms with Crippen molar-refractivity contribution in [2.75, 3.05) is 13.2 Å². The molecule has 0 atom stereocenters. The normalized spacial score (nSPS) is 16.8. The number of carbonyl (C=O) groups excluding carboxylic acids is 1. The fraction of sp³-hybridized carbons (Fsp3) is 0.647. The molecule has 1 saturated heterocycles. The summed E-state index contributed by atoms with van der Waals surface area (Å²) in [6, 6.07) is 3.49. The number of nitrogens with zero attached hydrogens (tertiary/aromatic N) is 2. The van der Waals surface area contributed by atoms with Crippen molar-refractivity contribution in [1.29, 1.82) is 0 Å². The van der Waals surface area contributed by atoms with Gasteiger partial charge in [0.1, 0.15) is 5.88 Å². The molecule has 1 aromatic heterocycles. The predicted octanol–water partition coefficient (Wildman–Crippen LogP) is -0.499. The standard InChI is InChI=1S/C17H25N2O4.Li/c1-11(2)23-14-12(19-16(20)17(3,4)5)7-8-13(18-14)15-21-9-6-10-22-15;/h7-8,11,15H,6,9-10H2,1-5H3;/q-1;+1. The minimum absolute atomic E-state index is 0. The molecule has 0 radical (unpaired) electrons. The molecule has 24 heavy (non-hydrogen) atoms. The van der Waals surface area contributed by atoms with E-state index in [-0.39, 0.29) is 30.9 Å². The Labute approximate surface area is 155 Å². The van der Waals surface area contributed by atoms with E-state index in [0.717, 1.165) is 6.42 Å². The van der Waals surface area contributed by atoms with Gasteiger partial charge in [0.25, 0.3) is 0 Å². The van der Waals surface area contributed by atoms with Crippen molar-refractivity contribution >= 4 is 5.91 Å². The van der Waals surface area contributed by atoms with Gasteiger partial charge >= 0.3 is 18.9 Å². The zero-order valence-electron chi connectivity index (χ0n) is 15.5. The number of amides is 1. The van der Waals surface area contributed by atoms with Crippen LogP contribution in [0, 0.1) is 5.41 Å². The van der Waals surface area contributed by atoms with Crippen LogP contribution in [0.2, 0.25) is 0 Å². The van der Waals surface area contributed by atoms with Gasteiger partial charge in [-0.05, 0) is 26.0 Å². The van der Waals surface area contributed by atoms with E-state index < -0.39 is 11.7 Å². The maximum atomic E-state index is 12.2. The molecule has 1 fully saturated rings. The van der Waals surface area contributed by atoms with Crippen molar-refractivity contribution in [1.82, 2.24) is 4.98 Å². The monoisotopic (exact) mass is 328 g/mol. The van der Waals surface area contributed by atoms with Crippen molar-refractivity contribution < 1.29 is 37.9 Å². The van der Waals surface area contributed by atoms with Crippen molar-refractivity contribution in [3.8, 4) is 5.88 Å². The third-order valence-electron chi connectivity index (χ3n) is 3.14. The Morgan fingerprint density at radius 2 is 2.00 bits per heavy atom. The first kappa shape index (κ1) is 21.0. The molecule has 128 valence electrons. The maximum absolute atomic E-state index is 12.2. The van der Waals surface area contributed by atoms with Crippen LogP contribution in [0.5, 0.6) is 5.88 Å². The van der Waals surface area contributed by atoms with Gasteiger partial charge in [0.2, 0.25) is 5.91 Å². The summed E-state index contributed by atoms with van der Waals surface area (Å²) in [5, 5.41) is 0.429. The zero-order valence-corrected chi connectivity index (χ0v) is 15.5. The minimum atomic E-state index is -0.552. The second-order valence-corrected chi connectivity index (χ2v) is 6.82. The molecule has 0 saturated carbocycles. The summed E-state index contributed by atoms with van der Waals surface area (Å²) < 4.78 is 16.8. The molecule has 0 aliphatic carbocycles. The molecule has 2 rings (SSSR count). The van der Waals surface area contributed by atoms with Gasteiger partial charge in [-0.2, -0.15) is 0 Å². The number of pyridine rings is 1. The summed E-state index contributed by atoms with van der Waals surface area (Å²) in [6.45, 7) is 10.6. The van der Waals surface area contributed by atoms with E-state index in [1.54, 1.807) is 12.1 Å². The Balaban J connectivity index is 0.00000288. The van der Waals surface area contributed by atoms with Gasteiger partial charge in [-0.1, -0.05) is 20.8 Å². The molecule has 6 nitrogen and oxygen atoms in total. The van der Waals surface area contributed by atoms with Gasteiger partial charge in [-0.3, -0.25) is 4.79 Å². The first-order valence-corrected chi connectivity index (χ1v) is 7.94. The average Bonchev–Trinajstić information content (AvgIpc) is 2.48. The molecular weight excluding hydrogens is 303 g/mol. The van der Waals surface area contributed by atoms with Gasteiger partial charge < -0.3 is 19.2 Å². The van der Waals surface area contributed by atoms with Gasteiger partial charge in [0.05, 0.1) is 19.3 Å². The number of carbonyl (C=O) groups is 1. The van der Waals surface area contributed by atoms with E-state index in [4.69, 9.17) is 14.2 Å². The predicted molar refractivity (Wildman–Crippen MR) is 84.9 cm³/mol. The molecule has 0 spiro atoms. The van der Waals surface area contributed by atoms with Crippen LogP contribution < -0.4 is 29.0 Å². The second-order valence-electron chi connectivity index (χ2n) is 6.82. The Morgan fingerprint density at radius 3 is 2.54 bits per heavy atom. The molecule has 7 heteroatoms. The summed E-state index contributed by atoms with van der Waals surface area (Å²) in [5.41, 5.74) is 0.0751. The maximum Gasteiger partial charge on any atom is 1.00 e. The fourth-order valence-electron chi connectivity index (χ4n) is 1.91. The van der Waals surface area contributed by atoms with Gasteiger partial charge in [0.15, 0.2) is 6.29 Å². The summed E-state index contributed by atoms with van der Waals surface area (Å²) in [7, 11) is 0.